The van der Waals surface area contributed by atoms with Gasteiger partial charge >= 0.3 is 5.97 Å². The maximum Gasteiger partial charge on any atom is 0.308 e. The van der Waals surface area contributed by atoms with E-state index in [-0.39, 0.29) is 24.8 Å². The number of carbonyl (C=O) groups is 3. The summed E-state index contributed by atoms with van der Waals surface area (Å²) < 4.78 is 0. The van der Waals surface area contributed by atoms with Crippen LogP contribution in [-0.4, -0.2) is 29.4 Å². The molecule has 0 unspecified atom stereocenters. The number of hydrogen-bond acceptors (Lipinski definition) is 3. The van der Waals surface area contributed by atoms with Crippen LogP contribution in [-0.2, 0) is 14.4 Å². The zero-order chi connectivity index (χ0) is 14.7. The number of carbonyl (C=O) groups excluding carboxylic acids is 2. The fourth-order valence-corrected chi connectivity index (χ4v) is 2.12. The number of rotatable bonds is 4. The van der Waals surface area contributed by atoms with Crippen molar-refractivity contribution in [1.82, 2.24) is 0 Å². The standard InChI is InChI=1S/C14H16N2O4/c1-2-12(17)15-10-4-3-5-11(7-10)16-8-9(14(19)20)6-13(16)18/h3-5,7,9H,2,6,8H2,1H3,(H,15,17)(H,19,20)/t9-/m0/s1. The van der Waals surface area contributed by atoms with Gasteiger partial charge in [-0.05, 0) is 18.2 Å². The molecule has 2 amide bonds. The van der Waals surface area contributed by atoms with Gasteiger partial charge in [0.25, 0.3) is 0 Å². The summed E-state index contributed by atoms with van der Waals surface area (Å²) in [6.45, 7) is 1.92. The van der Waals surface area contributed by atoms with Crippen molar-refractivity contribution in [3.63, 3.8) is 0 Å². The van der Waals surface area contributed by atoms with Crippen molar-refractivity contribution in [3.05, 3.63) is 24.3 Å². The molecule has 1 aliphatic rings. The van der Waals surface area contributed by atoms with Crippen molar-refractivity contribution in [2.24, 2.45) is 5.92 Å². The maximum absolute atomic E-state index is 11.9. The lowest BCUT2D eigenvalue weighted by Crippen LogP contribution is -2.25. The molecule has 0 saturated carbocycles. The van der Waals surface area contributed by atoms with E-state index in [1.54, 1.807) is 31.2 Å². The molecule has 106 valence electrons. The predicted octanol–water partition coefficient (Wildman–Crippen LogP) is 1.47. The lowest BCUT2D eigenvalue weighted by atomic mass is 10.1. The molecule has 1 aromatic rings. The summed E-state index contributed by atoms with van der Waals surface area (Å²) in [5.74, 6) is -1.96. The summed E-state index contributed by atoms with van der Waals surface area (Å²) in [7, 11) is 0. The molecule has 1 heterocycles. The zero-order valence-electron chi connectivity index (χ0n) is 11.1. The zero-order valence-corrected chi connectivity index (χ0v) is 11.1. The van der Waals surface area contributed by atoms with Crippen LogP contribution in [0.4, 0.5) is 11.4 Å². The average molecular weight is 276 g/mol. The first-order chi connectivity index (χ1) is 9.51. The molecule has 0 radical (unpaired) electrons. The molecule has 0 bridgehead atoms. The minimum absolute atomic E-state index is 0.0148. The van der Waals surface area contributed by atoms with Crippen LogP contribution in [0, 0.1) is 5.92 Å². The van der Waals surface area contributed by atoms with Gasteiger partial charge in [0.1, 0.15) is 0 Å². The molecule has 1 fully saturated rings. The van der Waals surface area contributed by atoms with Crippen molar-refractivity contribution in [2.45, 2.75) is 19.8 Å². The van der Waals surface area contributed by atoms with E-state index in [9.17, 15) is 14.4 Å². The van der Waals surface area contributed by atoms with E-state index >= 15 is 0 Å². The third-order valence-corrected chi connectivity index (χ3v) is 3.24. The number of amides is 2. The Hall–Kier alpha value is -2.37. The second-order valence-corrected chi connectivity index (χ2v) is 4.70. The molecule has 0 spiro atoms. The molecule has 1 aliphatic heterocycles. The predicted molar refractivity (Wildman–Crippen MR) is 73.5 cm³/mol. The van der Waals surface area contributed by atoms with Gasteiger partial charge in [0.2, 0.25) is 11.8 Å². The highest BCUT2D eigenvalue weighted by atomic mass is 16.4. The molecule has 0 aromatic heterocycles. The minimum Gasteiger partial charge on any atom is -0.481 e. The topological polar surface area (TPSA) is 86.7 Å². The van der Waals surface area contributed by atoms with E-state index in [1.807, 2.05) is 0 Å². The molecule has 1 saturated heterocycles. The van der Waals surface area contributed by atoms with E-state index in [0.29, 0.717) is 17.8 Å². The molecule has 2 rings (SSSR count). The summed E-state index contributed by atoms with van der Waals surface area (Å²) >= 11 is 0. The molecular weight excluding hydrogens is 260 g/mol. The SMILES string of the molecule is CCC(=O)Nc1cccc(N2C[C@@H](C(=O)O)CC2=O)c1. The van der Waals surface area contributed by atoms with Gasteiger partial charge in [-0.15, -0.1) is 0 Å². The average Bonchev–Trinajstić information content (AvgIpc) is 2.81. The lowest BCUT2D eigenvalue weighted by Gasteiger charge is -2.17. The summed E-state index contributed by atoms with van der Waals surface area (Å²) in [6.07, 6.45) is 0.384. The van der Waals surface area contributed by atoms with Crippen LogP contribution in [0.2, 0.25) is 0 Å². The molecule has 0 aliphatic carbocycles. The Bertz CT molecular complexity index is 556. The smallest absolute Gasteiger partial charge is 0.308 e. The number of carboxylic acids is 1. The Morgan fingerprint density at radius 3 is 2.80 bits per heavy atom. The van der Waals surface area contributed by atoms with Crippen molar-refractivity contribution in [3.8, 4) is 0 Å². The number of nitrogens with one attached hydrogen (secondary N) is 1. The van der Waals surface area contributed by atoms with E-state index < -0.39 is 11.9 Å². The van der Waals surface area contributed by atoms with Crippen molar-refractivity contribution < 1.29 is 19.5 Å². The van der Waals surface area contributed by atoms with E-state index in [1.165, 1.54) is 4.90 Å². The third kappa shape index (κ3) is 2.96. The van der Waals surface area contributed by atoms with Crippen molar-refractivity contribution >= 4 is 29.2 Å². The van der Waals surface area contributed by atoms with Crippen LogP contribution in [0.15, 0.2) is 24.3 Å². The van der Waals surface area contributed by atoms with Crippen LogP contribution in [0.1, 0.15) is 19.8 Å². The fraction of sp³-hybridized carbons (Fsp3) is 0.357. The molecule has 2 N–H and O–H groups in total. The fourth-order valence-electron chi connectivity index (χ4n) is 2.12. The minimum atomic E-state index is -0.962. The summed E-state index contributed by atoms with van der Waals surface area (Å²) in [5, 5.41) is 11.7. The largest absolute Gasteiger partial charge is 0.481 e. The van der Waals surface area contributed by atoms with Gasteiger partial charge in [-0.3, -0.25) is 14.4 Å². The molecule has 20 heavy (non-hydrogen) atoms. The van der Waals surface area contributed by atoms with Crippen molar-refractivity contribution in [1.29, 1.82) is 0 Å². The Balaban J connectivity index is 2.17. The molecule has 6 nitrogen and oxygen atoms in total. The molecule has 1 aromatic carbocycles. The number of nitrogens with zero attached hydrogens (tertiary/aromatic N) is 1. The normalized spacial score (nSPS) is 18.1. The van der Waals surface area contributed by atoms with Crippen LogP contribution in [0.5, 0.6) is 0 Å². The number of benzene rings is 1. The van der Waals surface area contributed by atoms with Gasteiger partial charge in [0.15, 0.2) is 0 Å². The Labute approximate surface area is 116 Å². The van der Waals surface area contributed by atoms with E-state index in [2.05, 4.69) is 5.32 Å². The third-order valence-electron chi connectivity index (χ3n) is 3.24. The Morgan fingerprint density at radius 2 is 2.20 bits per heavy atom. The first-order valence-electron chi connectivity index (χ1n) is 6.44. The first-order valence-corrected chi connectivity index (χ1v) is 6.44. The second-order valence-electron chi connectivity index (χ2n) is 4.70. The lowest BCUT2D eigenvalue weighted by molar-refractivity contribution is -0.141. The first kappa shape index (κ1) is 14.0. The van der Waals surface area contributed by atoms with Gasteiger partial charge in [0.05, 0.1) is 5.92 Å². The summed E-state index contributed by atoms with van der Waals surface area (Å²) in [5.41, 5.74) is 1.20. The van der Waals surface area contributed by atoms with Crippen LogP contribution < -0.4 is 10.2 Å². The summed E-state index contributed by atoms with van der Waals surface area (Å²) in [4.78, 5) is 35.6. The quantitative estimate of drug-likeness (QED) is 0.872. The summed E-state index contributed by atoms with van der Waals surface area (Å²) in [6, 6.07) is 6.85. The number of anilines is 2. The van der Waals surface area contributed by atoms with Crippen LogP contribution >= 0.6 is 0 Å². The van der Waals surface area contributed by atoms with E-state index in [4.69, 9.17) is 5.11 Å². The number of hydrogen-bond donors (Lipinski definition) is 2. The highest BCUT2D eigenvalue weighted by molar-refractivity contribution is 6.00. The Morgan fingerprint density at radius 1 is 1.45 bits per heavy atom. The Kier molecular flexibility index (Phi) is 4.02. The number of aliphatic carboxylic acids is 1. The van der Waals surface area contributed by atoms with Gasteiger partial charge in [0, 0.05) is 30.8 Å². The van der Waals surface area contributed by atoms with Crippen LogP contribution in [0.25, 0.3) is 0 Å². The van der Waals surface area contributed by atoms with E-state index in [0.717, 1.165) is 0 Å². The molecule has 6 heteroatoms. The van der Waals surface area contributed by atoms with Crippen molar-refractivity contribution in [2.75, 3.05) is 16.8 Å². The maximum atomic E-state index is 11.9. The number of carboxylic acid groups (broad SMARTS) is 1. The van der Waals surface area contributed by atoms with Gasteiger partial charge in [-0.25, -0.2) is 0 Å². The second kappa shape index (κ2) is 5.73. The van der Waals surface area contributed by atoms with Gasteiger partial charge < -0.3 is 15.3 Å². The highest BCUT2D eigenvalue weighted by Crippen LogP contribution is 2.27. The van der Waals surface area contributed by atoms with Gasteiger partial charge in [-0.2, -0.15) is 0 Å². The van der Waals surface area contributed by atoms with Gasteiger partial charge in [-0.1, -0.05) is 13.0 Å². The molecular formula is C14H16N2O4. The highest BCUT2D eigenvalue weighted by Gasteiger charge is 2.35. The molecule has 1 atom stereocenters. The van der Waals surface area contributed by atoms with Crippen LogP contribution in [0.3, 0.4) is 0 Å². The monoisotopic (exact) mass is 276 g/mol.